The zero-order valence-electron chi connectivity index (χ0n) is 35.3. The molecule has 18 nitrogen and oxygen atoms in total. The van der Waals surface area contributed by atoms with Crippen LogP contribution in [0.1, 0.15) is 33.4 Å². The number of nitriles is 2. The summed E-state index contributed by atoms with van der Waals surface area (Å²) in [7, 11) is -9.21. The van der Waals surface area contributed by atoms with Crippen LogP contribution in [0, 0.1) is 22.7 Å². The summed E-state index contributed by atoms with van der Waals surface area (Å²) in [5.74, 6) is 0. The average molecular weight is 1020 g/mol. The molecule has 3 aliphatic heterocycles. The number of sulfonamides is 2. The number of halogens is 2. The Hall–Kier alpha value is -5.96. The maximum Gasteiger partial charge on any atom is 0.491 e. The number of nitrogens with two attached hydrogens (primary N) is 2. The highest BCUT2D eigenvalue weighted by Gasteiger charge is 2.30. The third-order valence-electron chi connectivity index (χ3n) is 10.0. The first-order valence-electron chi connectivity index (χ1n) is 19.6. The second-order valence-corrected chi connectivity index (χ2v) is 20.3. The molecule has 9 rings (SSSR count). The van der Waals surface area contributed by atoms with Gasteiger partial charge in [0.15, 0.2) is 0 Å². The Balaban J connectivity index is 0.000000176. The number of hydrogen-bond acceptors (Lipinski definition) is 16. The van der Waals surface area contributed by atoms with Crippen LogP contribution in [0.4, 0.5) is 17.1 Å². The smallest absolute Gasteiger partial charge is 0.423 e. The van der Waals surface area contributed by atoms with E-state index >= 15 is 0 Å². The molecule has 0 aliphatic carbocycles. The summed E-state index contributed by atoms with van der Waals surface area (Å²) >= 11 is 0. The lowest BCUT2D eigenvalue weighted by atomic mass is 9.79. The van der Waals surface area contributed by atoms with E-state index in [9.17, 15) is 40.3 Å². The number of nitrogens with one attached hydrogen (secondary N) is 2. The van der Waals surface area contributed by atoms with Crippen LogP contribution in [0.2, 0.25) is 0 Å². The molecule has 0 amide bonds. The first-order chi connectivity index (χ1) is 31.8. The molecule has 9 N–H and O–H groups in total. The van der Waals surface area contributed by atoms with Gasteiger partial charge in [-0.15, -0.1) is 12.4 Å². The van der Waals surface area contributed by atoms with E-state index in [1.165, 1.54) is 42.5 Å². The molecular weight excluding hydrogens is 980 g/mol. The molecule has 0 aromatic heterocycles. The van der Waals surface area contributed by atoms with Crippen molar-refractivity contribution in [1.82, 2.24) is 0 Å². The van der Waals surface area contributed by atoms with Gasteiger partial charge in [-0.2, -0.15) is 10.5 Å². The number of anilines is 3. The number of nitrogens with zero attached hydrogens (tertiary/aromatic N) is 2. The molecule has 6 aromatic rings. The van der Waals surface area contributed by atoms with Crippen molar-refractivity contribution in [2.24, 2.45) is 5.73 Å². The van der Waals surface area contributed by atoms with Gasteiger partial charge in [0, 0.05) is 34.3 Å². The molecular formula is C42H39B3Cl2N6O12S3. The average Bonchev–Trinajstić information content (AvgIpc) is 4.00. The molecule has 0 fully saturated rings. The Kier molecular flexibility index (Phi) is 17.8. The fraction of sp³-hybridized carbons (Fsp3) is 0.0952. The van der Waals surface area contributed by atoms with Crippen molar-refractivity contribution in [2.45, 2.75) is 41.1 Å². The Bertz CT molecular complexity index is 3240. The number of hydrogen-bond donors (Lipinski definition) is 7. The lowest BCUT2D eigenvalue weighted by Gasteiger charge is -2.12. The van der Waals surface area contributed by atoms with Crippen LogP contribution in [0.5, 0.6) is 0 Å². The fourth-order valence-corrected chi connectivity index (χ4v) is 10.2. The molecule has 0 atom stereocenters. The van der Waals surface area contributed by atoms with Crippen LogP contribution in [-0.4, -0.2) is 61.7 Å². The summed E-state index contributed by atoms with van der Waals surface area (Å²) in [4.78, 5) is -0.0845. The van der Waals surface area contributed by atoms with E-state index in [4.69, 9.17) is 46.6 Å². The minimum atomic E-state index is -3.89. The highest BCUT2D eigenvalue weighted by molar-refractivity contribution is 8.13. The predicted molar refractivity (Wildman–Crippen MR) is 259 cm³/mol. The van der Waals surface area contributed by atoms with Gasteiger partial charge in [0.2, 0.25) is 0 Å². The highest BCUT2D eigenvalue weighted by atomic mass is 35.7. The van der Waals surface area contributed by atoms with Gasteiger partial charge in [-0.3, -0.25) is 9.44 Å². The van der Waals surface area contributed by atoms with E-state index in [0.29, 0.717) is 53.4 Å². The van der Waals surface area contributed by atoms with Gasteiger partial charge in [-0.1, -0.05) is 60.7 Å². The van der Waals surface area contributed by atoms with Crippen LogP contribution in [0.3, 0.4) is 0 Å². The molecule has 0 radical (unpaired) electrons. The molecule has 0 unspecified atom stereocenters. The van der Waals surface area contributed by atoms with Crippen LogP contribution >= 0.6 is 23.1 Å². The molecule has 0 saturated carbocycles. The monoisotopic (exact) mass is 1020 g/mol. The van der Waals surface area contributed by atoms with Gasteiger partial charge < -0.3 is 40.5 Å². The van der Waals surface area contributed by atoms with Crippen molar-refractivity contribution in [3.8, 4) is 12.1 Å². The largest absolute Gasteiger partial charge is 0.491 e. The van der Waals surface area contributed by atoms with Crippen molar-refractivity contribution in [3.63, 3.8) is 0 Å². The Labute approximate surface area is 404 Å². The standard InChI is InChI=1S/C14H15BN2O4S.C14H11BN2O4S.C7H8BNO2.C7H4ClNO2S.ClH/c2*16-8-10-3-1-2-4-14(10)22(19,20)17-12-6-5-11-9-21-15(18)13(11)7-12;9-6-2-1-5-4-11-8(10)7(5)3-6;8-12(10,11)7-4-2-1-3-6(7)5-9;/h1-7,17-18H,8-9,16H2;1-7,17-18H,9H2;1-3,10H,4,9H2;1-4H;1H. The first kappa shape index (κ1) is 53.0. The van der Waals surface area contributed by atoms with E-state index in [1.54, 1.807) is 84.9 Å². The predicted octanol–water partition coefficient (Wildman–Crippen LogP) is 2.13. The zero-order chi connectivity index (χ0) is 48.5. The molecule has 68 heavy (non-hydrogen) atoms. The van der Waals surface area contributed by atoms with Crippen LogP contribution in [0.25, 0.3) is 0 Å². The minimum Gasteiger partial charge on any atom is -0.423 e. The van der Waals surface area contributed by atoms with Crippen LogP contribution < -0.4 is 37.3 Å². The first-order valence-corrected chi connectivity index (χ1v) is 24.9. The second kappa shape index (κ2) is 22.9. The topological polar surface area (TPSA) is 314 Å². The number of nitrogen functional groups attached to an aromatic ring is 1. The van der Waals surface area contributed by atoms with Gasteiger partial charge in [-0.05, 0) is 105 Å². The van der Waals surface area contributed by atoms with Crippen molar-refractivity contribution in [2.75, 3.05) is 15.2 Å². The maximum atomic E-state index is 12.5. The van der Waals surface area contributed by atoms with Crippen molar-refractivity contribution in [1.29, 1.82) is 10.5 Å². The SMILES string of the molecule is Cl.N#Cc1ccccc1S(=O)(=O)Cl.N#Cc1ccccc1S(=O)(=O)Nc1ccc2c(c1)B(O)OC2.NCc1ccccc1S(=O)(=O)Nc1ccc2c(c1)B(O)OC2.Nc1ccc2c(c1)B(O)OC2. The van der Waals surface area contributed by atoms with E-state index in [-0.39, 0.29) is 44.8 Å². The fourth-order valence-electron chi connectivity index (χ4n) is 6.71. The third-order valence-corrected chi connectivity index (χ3v) is 14.3. The summed E-state index contributed by atoms with van der Waals surface area (Å²) < 4.78 is 91.5. The number of rotatable bonds is 8. The van der Waals surface area contributed by atoms with E-state index in [0.717, 1.165) is 22.2 Å². The van der Waals surface area contributed by atoms with Crippen LogP contribution in [-0.2, 0) is 69.4 Å². The summed E-state index contributed by atoms with van der Waals surface area (Å²) in [6.07, 6.45) is 0. The van der Waals surface area contributed by atoms with Gasteiger partial charge >= 0.3 is 21.4 Å². The Morgan fingerprint density at radius 2 is 0.956 bits per heavy atom. The normalized spacial score (nSPS) is 13.2. The molecule has 6 aromatic carbocycles. The molecule has 0 saturated heterocycles. The van der Waals surface area contributed by atoms with E-state index in [2.05, 4.69) is 9.44 Å². The molecule has 26 heteroatoms. The van der Waals surface area contributed by atoms with Gasteiger partial charge in [0.1, 0.15) is 21.9 Å². The maximum absolute atomic E-state index is 12.5. The molecule has 0 spiro atoms. The number of fused-ring (bicyclic) bond motifs is 3. The van der Waals surface area contributed by atoms with Gasteiger partial charge in [-0.25, -0.2) is 25.3 Å². The highest BCUT2D eigenvalue weighted by Crippen LogP contribution is 2.23. The third kappa shape index (κ3) is 13.0. The molecule has 350 valence electrons. The number of benzene rings is 6. The minimum absolute atomic E-state index is 0. The van der Waals surface area contributed by atoms with E-state index < -0.39 is 50.5 Å². The summed E-state index contributed by atoms with van der Waals surface area (Å²) in [5.41, 5.74) is 17.7. The zero-order valence-corrected chi connectivity index (χ0v) is 39.3. The van der Waals surface area contributed by atoms with Crippen LogP contribution in [0.15, 0.2) is 142 Å². The van der Waals surface area contributed by atoms with Gasteiger partial charge in [0.25, 0.3) is 29.1 Å². The summed E-state index contributed by atoms with van der Waals surface area (Å²) in [6, 6.07) is 37.1. The molecule has 0 bridgehead atoms. The lowest BCUT2D eigenvalue weighted by Crippen LogP contribution is -2.28. The van der Waals surface area contributed by atoms with Crippen molar-refractivity contribution < 1.29 is 54.3 Å². The van der Waals surface area contributed by atoms with Crippen molar-refractivity contribution >= 4 is 107 Å². The second-order valence-electron chi connectivity index (χ2n) is 14.5. The molecule has 3 heterocycles. The summed E-state index contributed by atoms with van der Waals surface area (Å²) in [6.45, 7) is 1.23. The summed E-state index contributed by atoms with van der Waals surface area (Å²) in [5, 5.41) is 46.1. The van der Waals surface area contributed by atoms with Gasteiger partial charge in [0.05, 0.1) is 35.8 Å². The Morgan fingerprint density at radius 1 is 0.574 bits per heavy atom. The van der Waals surface area contributed by atoms with Crippen molar-refractivity contribution in [3.05, 3.63) is 161 Å². The Morgan fingerprint density at radius 3 is 1.40 bits per heavy atom. The lowest BCUT2D eigenvalue weighted by molar-refractivity contribution is 0.275. The molecule has 3 aliphatic rings. The van der Waals surface area contributed by atoms with E-state index in [1.807, 2.05) is 12.1 Å². The quantitative estimate of drug-likeness (QED) is 0.0653.